The van der Waals surface area contributed by atoms with Crippen molar-refractivity contribution >= 4 is 26.8 Å². The van der Waals surface area contributed by atoms with Crippen LogP contribution in [0, 0.1) is 0 Å². The van der Waals surface area contributed by atoms with Gasteiger partial charge in [0.1, 0.15) is 0 Å². The molecule has 0 saturated carbocycles. The molecule has 1 heterocycles. The fourth-order valence-electron chi connectivity index (χ4n) is 1.43. The second-order valence-electron chi connectivity index (χ2n) is 3.15. The Labute approximate surface area is 90.7 Å². The predicted molar refractivity (Wildman–Crippen MR) is 59.2 cm³/mol. The molecular formula is C12H11Tl. The molecule has 1 aliphatic rings. The minimum absolute atomic E-state index is 0.659. The van der Waals surface area contributed by atoms with E-state index in [4.69, 9.17) is 0 Å². The van der Waals surface area contributed by atoms with Crippen LogP contribution in [0.1, 0.15) is 5.56 Å². The quantitative estimate of drug-likeness (QED) is 0.710. The Balaban J connectivity index is 2.11. The van der Waals surface area contributed by atoms with E-state index in [0.29, 0.717) is 0 Å². The van der Waals surface area contributed by atoms with Crippen molar-refractivity contribution in [1.29, 1.82) is 0 Å². The third-order valence-electron chi connectivity index (χ3n) is 2.09. The van der Waals surface area contributed by atoms with Crippen LogP contribution in [-0.2, 0) is 6.42 Å². The standard InChI is InChI=1S/C12H11.Tl/c1-2-3-4-6-9-12-10-7-5-8-11-12;/h1-5,7-8,10-11H,9H2;. The van der Waals surface area contributed by atoms with Crippen LogP contribution in [0.25, 0.3) is 0 Å². The van der Waals surface area contributed by atoms with Crippen molar-refractivity contribution in [2.75, 3.05) is 0 Å². The summed E-state index contributed by atoms with van der Waals surface area (Å²) in [7, 11) is 0. The molecule has 0 N–H and O–H groups in total. The summed E-state index contributed by atoms with van der Waals surface area (Å²) in [6.07, 6.45) is 7.85. The van der Waals surface area contributed by atoms with Gasteiger partial charge in [0.05, 0.1) is 0 Å². The molecule has 1 heteroatoms. The van der Waals surface area contributed by atoms with Gasteiger partial charge >= 0.3 is 91.0 Å². The normalized spacial score (nSPS) is 13.7. The van der Waals surface area contributed by atoms with Crippen molar-refractivity contribution < 1.29 is 0 Å². The van der Waals surface area contributed by atoms with E-state index in [-0.39, 0.29) is 0 Å². The summed E-state index contributed by atoms with van der Waals surface area (Å²) in [4.78, 5) is 0. The van der Waals surface area contributed by atoms with E-state index >= 15 is 0 Å². The second-order valence-corrected chi connectivity index (χ2v) is 8.82. The molecule has 0 amide bonds. The van der Waals surface area contributed by atoms with Gasteiger partial charge in [-0.2, -0.15) is 0 Å². The van der Waals surface area contributed by atoms with E-state index in [9.17, 15) is 0 Å². The molecule has 0 saturated heterocycles. The molecule has 0 aliphatic carbocycles. The summed E-state index contributed by atoms with van der Waals surface area (Å²) < 4.78 is 4.12. The number of rotatable bonds is 2. The molecule has 0 radical (unpaired) electrons. The molecule has 0 atom stereocenters. The molecule has 0 spiro atoms. The Kier molecular flexibility index (Phi) is 3.24. The predicted octanol–water partition coefficient (Wildman–Crippen LogP) is 2.19. The van der Waals surface area contributed by atoms with E-state index in [2.05, 4.69) is 52.2 Å². The van der Waals surface area contributed by atoms with Crippen LogP contribution in [0.15, 0.2) is 52.2 Å². The maximum absolute atomic E-state index is 2.41. The Morgan fingerprint density at radius 1 is 1.00 bits per heavy atom. The van der Waals surface area contributed by atoms with Crippen LogP contribution in [0.3, 0.4) is 0 Å². The van der Waals surface area contributed by atoms with Gasteiger partial charge in [0.25, 0.3) is 0 Å². The molecule has 0 fully saturated rings. The fourth-order valence-corrected chi connectivity index (χ4v) is 5.56. The summed E-state index contributed by atoms with van der Waals surface area (Å²) in [6, 6.07) is 10.7. The van der Waals surface area contributed by atoms with E-state index < -0.39 is 23.7 Å². The van der Waals surface area contributed by atoms with Gasteiger partial charge in [-0.25, -0.2) is 0 Å². The van der Waals surface area contributed by atoms with Gasteiger partial charge in [0, 0.05) is 0 Å². The van der Waals surface area contributed by atoms with Crippen LogP contribution >= 0.6 is 0 Å². The Morgan fingerprint density at radius 2 is 1.85 bits per heavy atom. The van der Waals surface area contributed by atoms with E-state index in [1.807, 2.05) is 0 Å². The number of hydrogen-bond donors (Lipinski definition) is 0. The SMILES string of the molecule is C1=[CH][Tl]=[C](Cc2ccccc2)C=C1. The van der Waals surface area contributed by atoms with E-state index in [1.165, 1.54) is 12.0 Å². The molecule has 0 bridgehead atoms. The van der Waals surface area contributed by atoms with Gasteiger partial charge in [-0.15, -0.1) is 0 Å². The Morgan fingerprint density at radius 3 is 2.54 bits per heavy atom. The summed E-state index contributed by atoms with van der Waals surface area (Å²) in [6.45, 7) is 0. The molecule has 1 aromatic carbocycles. The molecule has 0 unspecified atom stereocenters. The van der Waals surface area contributed by atoms with Crippen molar-refractivity contribution in [3.63, 3.8) is 0 Å². The Hall–Kier alpha value is -0.508. The monoisotopic (exact) mass is 360 g/mol. The van der Waals surface area contributed by atoms with Gasteiger partial charge < -0.3 is 0 Å². The first-order valence-electron chi connectivity index (χ1n) is 4.53. The average molecular weight is 360 g/mol. The molecule has 13 heavy (non-hydrogen) atoms. The Bertz CT molecular complexity index is 358. The summed E-state index contributed by atoms with van der Waals surface area (Å²) in [5, 5.41) is 0. The fraction of sp³-hybridized carbons (Fsp3) is 0.0833. The number of allylic oxidation sites excluding steroid dienone is 3. The van der Waals surface area contributed by atoms with Gasteiger partial charge in [-0.1, -0.05) is 0 Å². The maximum atomic E-state index is 2.41. The van der Waals surface area contributed by atoms with Crippen molar-refractivity contribution in [1.82, 2.24) is 0 Å². The molecule has 1 aliphatic heterocycles. The third kappa shape index (κ3) is 2.73. The topological polar surface area (TPSA) is 0 Å². The van der Waals surface area contributed by atoms with Gasteiger partial charge in [-0.05, 0) is 0 Å². The zero-order valence-electron chi connectivity index (χ0n) is 7.48. The van der Waals surface area contributed by atoms with Crippen LogP contribution in [-0.4, -0.2) is 26.8 Å². The number of benzene rings is 1. The van der Waals surface area contributed by atoms with Crippen molar-refractivity contribution in [2.45, 2.75) is 6.42 Å². The summed E-state index contributed by atoms with van der Waals surface area (Å²) in [5.74, 6) is 0. The zero-order chi connectivity index (χ0) is 8.93. The molecule has 0 nitrogen and oxygen atoms in total. The van der Waals surface area contributed by atoms with Crippen LogP contribution < -0.4 is 0 Å². The molecular weight excluding hydrogens is 349 g/mol. The van der Waals surface area contributed by atoms with E-state index in [1.54, 1.807) is 3.06 Å². The first-order chi connectivity index (χ1) is 6.45. The molecule has 2 rings (SSSR count). The first kappa shape index (κ1) is 9.06. The van der Waals surface area contributed by atoms with Crippen molar-refractivity contribution in [2.24, 2.45) is 0 Å². The molecule has 62 valence electrons. The third-order valence-corrected chi connectivity index (χ3v) is 6.91. The summed E-state index contributed by atoms with van der Waals surface area (Å²) >= 11 is -0.659. The van der Waals surface area contributed by atoms with Crippen LogP contribution in [0.5, 0.6) is 0 Å². The van der Waals surface area contributed by atoms with Crippen molar-refractivity contribution in [3.05, 3.63) is 57.8 Å². The van der Waals surface area contributed by atoms with Gasteiger partial charge in [-0.3, -0.25) is 0 Å². The second kappa shape index (κ2) is 4.65. The van der Waals surface area contributed by atoms with Crippen LogP contribution in [0.4, 0.5) is 0 Å². The first-order valence-corrected chi connectivity index (χ1v) is 9.36. The van der Waals surface area contributed by atoms with Crippen molar-refractivity contribution in [3.8, 4) is 0 Å². The van der Waals surface area contributed by atoms with E-state index in [0.717, 1.165) is 0 Å². The molecule has 1 aromatic rings. The molecule has 0 aromatic heterocycles. The number of hydrogen-bond acceptors (Lipinski definition) is 0. The summed E-state index contributed by atoms with van der Waals surface area (Å²) in [5.41, 5.74) is 1.45. The zero-order valence-corrected chi connectivity index (χ0v) is 12.0. The van der Waals surface area contributed by atoms with Gasteiger partial charge in [0.2, 0.25) is 0 Å². The average Bonchev–Trinajstić information content (AvgIpc) is 2.21. The van der Waals surface area contributed by atoms with Crippen LogP contribution in [0.2, 0.25) is 0 Å². The minimum atomic E-state index is -0.659. The van der Waals surface area contributed by atoms with Gasteiger partial charge in [0.15, 0.2) is 0 Å².